The molecule has 0 bridgehead atoms. The lowest BCUT2D eigenvalue weighted by Crippen LogP contribution is -2.10. The normalized spacial score (nSPS) is 8.67. The fourth-order valence-corrected chi connectivity index (χ4v) is 5.08. The van der Waals surface area contributed by atoms with Gasteiger partial charge in [0, 0.05) is 0 Å². The summed E-state index contributed by atoms with van der Waals surface area (Å²) in [6, 6.07) is 0. The third-order valence-corrected chi connectivity index (χ3v) is 7.89. The third-order valence-electron chi connectivity index (χ3n) is 2.46. The molecule has 0 N–H and O–H groups in total. The zero-order valence-electron chi connectivity index (χ0n) is 8.98. The molecule has 0 aliphatic rings. The van der Waals surface area contributed by atoms with E-state index in [4.69, 9.17) is 0 Å². The molecule has 0 atom stereocenters. The topological polar surface area (TPSA) is 0 Å². The highest BCUT2D eigenvalue weighted by atomic mass is 27.2. The van der Waals surface area contributed by atoms with Crippen molar-refractivity contribution in [1.82, 2.24) is 0 Å². The summed E-state index contributed by atoms with van der Waals surface area (Å²) in [5.41, 5.74) is 0. The van der Waals surface area contributed by atoms with Gasteiger partial charge in [0.05, 0.1) is 0 Å². The monoisotopic (exact) mass is 194 g/mol. The molecule has 0 radical (unpaired) electrons. The van der Waals surface area contributed by atoms with Crippen molar-refractivity contribution in [2.75, 3.05) is 0 Å². The minimum Gasteiger partial charge on any atom is -0.227 e. The first-order valence-corrected chi connectivity index (χ1v) is 9.71. The van der Waals surface area contributed by atoms with Crippen LogP contribution in [-0.4, -0.2) is 28.3 Å². The van der Waals surface area contributed by atoms with Crippen LogP contribution >= 0.6 is 0 Å². The average molecular weight is 194 g/mol. The molecular formula is C10H20Al2. The molecule has 0 heterocycles. The first kappa shape index (κ1) is 12.6. The molecule has 0 aliphatic heterocycles. The summed E-state index contributed by atoms with van der Waals surface area (Å²) < 4.78 is 0. The van der Waals surface area contributed by atoms with Gasteiger partial charge in [-0.3, -0.25) is 0 Å². The Labute approximate surface area is 86.5 Å². The molecule has 0 nitrogen and oxygen atoms in total. The second-order valence-electron chi connectivity index (χ2n) is 3.32. The second kappa shape index (κ2) is 8.23. The van der Waals surface area contributed by atoms with Gasteiger partial charge < -0.3 is 0 Å². The lowest BCUT2D eigenvalue weighted by atomic mass is 10.9. The Morgan fingerprint density at radius 3 is 1.08 bits per heavy atom. The number of rotatable bonds is 4. The van der Waals surface area contributed by atoms with Crippen LogP contribution < -0.4 is 0 Å². The second-order valence-corrected chi connectivity index (χ2v) is 9.95. The Hall–Kier alpha value is 0.625. The Morgan fingerprint density at radius 1 is 0.667 bits per heavy atom. The van der Waals surface area contributed by atoms with Gasteiger partial charge in [-0.25, -0.2) is 9.56 Å². The SMILES string of the molecule is C[CH2][Al]([C]#[C][Al]([CH2]C)[CH2]C)[CH2]C. The predicted octanol–water partition coefficient (Wildman–Crippen LogP) is 3.14. The third kappa shape index (κ3) is 5.30. The summed E-state index contributed by atoms with van der Waals surface area (Å²) in [7, 11) is 0. The minimum atomic E-state index is -0.603. The lowest BCUT2D eigenvalue weighted by molar-refractivity contribution is 1.33. The van der Waals surface area contributed by atoms with Crippen LogP contribution in [0.2, 0.25) is 21.1 Å². The molecule has 0 saturated carbocycles. The van der Waals surface area contributed by atoms with Crippen LogP contribution in [0, 0.1) is 9.56 Å². The van der Waals surface area contributed by atoms with E-state index >= 15 is 0 Å². The quantitative estimate of drug-likeness (QED) is 0.476. The Balaban J connectivity index is 3.96. The zero-order chi connectivity index (χ0) is 9.40. The van der Waals surface area contributed by atoms with Crippen molar-refractivity contribution in [2.45, 2.75) is 48.8 Å². The van der Waals surface area contributed by atoms with Crippen molar-refractivity contribution in [3.05, 3.63) is 0 Å². The van der Waals surface area contributed by atoms with Crippen molar-refractivity contribution in [3.8, 4) is 9.56 Å². The smallest absolute Gasteiger partial charge is 0.227 e. The molecule has 0 aromatic rings. The maximum atomic E-state index is 3.57. The van der Waals surface area contributed by atoms with Gasteiger partial charge in [-0.15, -0.1) is 0 Å². The molecule has 0 fully saturated rings. The van der Waals surface area contributed by atoms with E-state index in [1.165, 1.54) is 21.1 Å². The van der Waals surface area contributed by atoms with Crippen LogP contribution in [0.1, 0.15) is 27.7 Å². The molecule has 0 unspecified atom stereocenters. The molecule has 0 amide bonds. The first-order valence-electron chi connectivity index (χ1n) is 5.29. The predicted molar refractivity (Wildman–Crippen MR) is 61.2 cm³/mol. The van der Waals surface area contributed by atoms with E-state index in [0.29, 0.717) is 0 Å². The van der Waals surface area contributed by atoms with Crippen molar-refractivity contribution in [2.24, 2.45) is 0 Å². The number of hydrogen-bond donors (Lipinski definition) is 0. The van der Waals surface area contributed by atoms with Crippen molar-refractivity contribution in [1.29, 1.82) is 0 Å². The maximum absolute atomic E-state index is 3.57. The van der Waals surface area contributed by atoms with Gasteiger partial charge in [-0.2, -0.15) is 0 Å². The fraction of sp³-hybridized carbons (Fsp3) is 0.800. The van der Waals surface area contributed by atoms with Gasteiger partial charge in [-0.05, 0) is 0 Å². The van der Waals surface area contributed by atoms with Gasteiger partial charge in [-0.1, -0.05) is 48.8 Å². The summed E-state index contributed by atoms with van der Waals surface area (Å²) in [4.78, 5) is 7.14. The van der Waals surface area contributed by atoms with Gasteiger partial charge in [0.15, 0.2) is 0 Å². The summed E-state index contributed by atoms with van der Waals surface area (Å²) in [6.07, 6.45) is 0. The van der Waals surface area contributed by atoms with Crippen LogP contribution in [-0.2, 0) is 0 Å². The van der Waals surface area contributed by atoms with Gasteiger partial charge in [0.1, 0.15) is 0 Å². The fourth-order valence-electron chi connectivity index (χ4n) is 1.22. The summed E-state index contributed by atoms with van der Waals surface area (Å²) in [5, 5.41) is 5.44. The molecule has 2 heteroatoms. The van der Waals surface area contributed by atoms with Crippen molar-refractivity contribution in [3.63, 3.8) is 0 Å². The first-order chi connectivity index (χ1) is 5.78. The molecule has 12 heavy (non-hydrogen) atoms. The average Bonchev–Trinajstić information content (AvgIpc) is 2.13. The standard InChI is InChI=1S/4C2H5.C2.2Al/c5*1-2;;/h4*1H2,2H3;;;. The van der Waals surface area contributed by atoms with Crippen LogP contribution in [0.25, 0.3) is 0 Å². The molecular weight excluding hydrogens is 174 g/mol. The van der Waals surface area contributed by atoms with Gasteiger partial charge in [0.25, 0.3) is 0 Å². The van der Waals surface area contributed by atoms with E-state index in [9.17, 15) is 0 Å². The van der Waals surface area contributed by atoms with Crippen LogP contribution in [0.3, 0.4) is 0 Å². The van der Waals surface area contributed by atoms with Crippen molar-refractivity contribution < 1.29 is 0 Å². The van der Waals surface area contributed by atoms with Crippen LogP contribution in [0.5, 0.6) is 0 Å². The van der Waals surface area contributed by atoms with E-state index in [1.807, 2.05) is 0 Å². The summed E-state index contributed by atoms with van der Waals surface area (Å²) in [5.74, 6) is 0. The molecule has 0 rings (SSSR count). The van der Waals surface area contributed by atoms with E-state index in [1.54, 1.807) is 0 Å². The highest BCUT2D eigenvalue weighted by Gasteiger charge is 2.11. The Kier molecular flexibility index (Phi) is 8.66. The van der Waals surface area contributed by atoms with E-state index in [-0.39, 0.29) is 0 Å². The van der Waals surface area contributed by atoms with E-state index in [2.05, 4.69) is 37.3 Å². The minimum absolute atomic E-state index is 0.603. The number of hydrogen-bond acceptors (Lipinski definition) is 0. The van der Waals surface area contributed by atoms with Crippen molar-refractivity contribution >= 4 is 28.3 Å². The van der Waals surface area contributed by atoms with Gasteiger partial charge >= 0.3 is 28.3 Å². The highest BCUT2D eigenvalue weighted by Crippen LogP contribution is 1.99. The molecule has 0 aromatic carbocycles. The van der Waals surface area contributed by atoms with Crippen LogP contribution in [0.4, 0.5) is 0 Å². The Morgan fingerprint density at radius 2 is 0.917 bits per heavy atom. The van der Waals surface area contributed by atoms with E-state index in [0.717, 1.165) is 0 Å². The summed E-state index contributed by atoms with van der Waals surface area (Å²) >= 11 is -1.21. The molecule has 66 valence electrons. The Bertz CT molecular complexity index is 131. The molecule has 0 spiro atoms. The lowest BCUT2D eigenvalue weighted by Gasteiger charge is -1.97. The summed E-state index contributed by atoms with van der Waals surface area (Å²) in [6.45, 7) is 9.18. The maximum Gasteiger partial charge on any atom is 0.372 e. The molecule has 0 saturated heterocycles. The largest absolute Gasteiger partial charge is 0.372 e. The van der Waals surface area contributed by atoms with Gasteiger partial charge in [0.2, 0.25) is 0 Å². The zero-order valence-corrected chi connectivity index (χ0v) is 11.3. The van der Waals surface area contributed by atoms with E-state index < -0.39 is 28.3 Å². The van der Waals surface area contributed by atoms with Crippen LogP contribution in [0.15, 0.2) is 0 Å². The molecule has 0 aromatic heterocycles. The molecule has 0 aliphatic carbocycles. The highest BCUT2D eigenvalue weighted by molar-refractivity contribution is 6.73.